The standard InChI is InChI=1S/C20H28N4O4/c1-3-27-17-8-6-15(7-9-17)20-21-18(28-22-20)13-24-11-4-5-16(10-12-24)23(2)14-19(25)26/h6-9,16H,3-5,10-14H2,1-2H3,(H,25,26). The van der Waals surface area contributed by atoms with E-state index in [-0.39, 0.29) is 6.54 Å². The summed E-state index contributed by atoms with van der Waals surface area (Å²) in [6.45, 7) is 5.11. The molecule has 1 atom stereocenters. The van der Waals surface area contributed by atoms with Crippen LogP contribution in [0.4, 0.5) is 0 Å². The molecule has 8 nitrogen and oxygen atoms in total. The minimum atomic E-state index is -0.781. The molecule has 0 bridgehead atoms. The summed E-state index contributed by atoms with van der Waals surface area (Å²) in [6.07, 6.45) is 2.96. The molecule has 8 heteroatoms. The van der Waals surface area contributed by atoms with Crippen LogP contribution in [0.3, 0.4) is 0 Å². The molecular weight excluding hydrogens is 360 g/mol. The molecule has 1 N–H and O–H groups in total. The van der Waals surface area contributed by atoms with Crippen LogP contribution >= 0.6 is 0 Å². The lowest BCUT2D eigenvalue weighted by atomic mass is 10.1. The van der Waals surface area contributed by atoms with Gasteiger partial charge in [-0.05, 0) is 64.0 Å². The van der Waals surface area contributed by atoms with Crippen LogP contribution in [0.2, 0.25) is 0 Å². The molecule has 0 radical (unpaired) electrons. The number of hydrogen-bond acceptors (Lipinski definition) is 7. The molecule has 0 amide bonds. The van der Waals surface area contributed by atoms with Crippen LogP contribution < -0.4 is 4.74 Å². The lowest BCUT2D eigenvalue weighted by Gasteiger charge is -2.25. The van der Waals surface area contributed by atoms with Crippen LogP contribution in [0.5, 0.6) is 5.75 Å². The van der Waals surface area contributed by atoms with Gasteiger partial charge in [0.05, 0.1) is 19.7 Å². The maximum absolute atomic E-state index is 10.9. The highest BCUT2D eigenvalue weighted by atomic mass is 16.5. The smallest absolute Gasteiger partial charge is 0.317 e. The van der Waals surface area contributed by atoms with Crippen molar-refractivity contribution in [2.75, 3.05) is 33.3 Å². The number of carboxylic acid groups (broad SMARTS) is 1. The second-order valence-corrected chi connectivity index (χ2v) is 7.14. The van der Waals surface area contributed by atoms with Gasteiger partial charge in [-0.25, -0.2) is 0 Å². The zero-order chi connectivity index (χ0) is 19.9. The Bertz CT molecular complexity index is 762. The molecular formula is C20H28N4O4. The van der Waals surface area contributed by atoms with Crippen LogP contribution in [0.25, 0.3) is 11.4 Å². The zero-order valence-corrected chi connectivity index (χ0v) is 16.5. The fourth-order valence-corrected chi connectivity index (χ4v) is 3.57. The van der Waals surface area contributed by atoms with E-state index in [1.165, 1.54) is 0 Å². The van der Waals surface area contributed by atoms with E-state index >= 15 is 0 Å². The van der Waals surface area contributed by atoms with E-state index in [4.69, 9.17) is 14.4 Å². The maximum atomic E-state index is 10.9. The number of ether oxygens (including phenoxy) is 1. The van der Waals surface area contributed by atoms with Crippen LogP contribution in [-0.2, 0) is 11.3 Å². The number of aliphatic carboxylic acids is 1. The summed E-state index contributed by atoms with van der Waals surface area (Å²) in [4.78, 5) is 19.7. The number of hydrogen-bond donors (Lipinski definition) is 1. The molecule has 1 fully saturated rings. The highest BCUT2D eigenvalue weighted by Crippen LogP contribution is 2.21. The highest BCUT2D eigenvalue weighted by molar-refractivity contribution is 5.69. The summed E-state index contributed by atoms with van der Waals surface area (Å²) in [6, 6.07) is 7.95. The minimum Gasteiger partial charge on any atom is -0.494 e. The predicted octanol–water partition coefficient (Wildman–Crippen LogP) is 2.51. The third-order valence-electron chi connectivity index (χ3n) is 5.05. The fourth-order valence-electron chi connectivity index (χ4n) is 3.57. The van der Waals surface area contributed by atoms with Crippen molar-refractivity contribution in [1.29, 1.82) is 0 Å². The Morgan fingerprint density at radius 3 is 2.82 bits per heavy atom. The SMILES string of the molecule is CCOc1ccc(-c2noc(CN3CCCC(N(C)CC(=O)O)CC3)n2)cc1. The summed E-state index contributed by atoms with van der Waals surface area (Å²) in [7, 11) is 1.88. The second kappa shape index (κ2) is 9.66. The van der Waals surface area contributed by atoms with Crippen molar-refractivity contribution in [3.05, 3.63) is 30.2 Å². The van der Waals surface area contributed by atoms with Crippen molar-refractivity contribution in [3.8, 4) is 17.1 Å². The Morgan fingerprint density at radius 1 is 1.32 bits per heavy atom. The van der Waals surface area contributed by atoms with Crippen molar-refractivity contribution in [2.45, 2.75) is 38.8 Å². The van der Waals surface area contributed by atoms with Crippen molar-refractivity contribution in [3.63, 3.8) is 0 Å². The fraction of sp³-hybridized carbons (Fsp3) is 0.550. The molecule has 1 aromatic heterocycles. The topological polar surface area (TPSA) is 91.9 Å². The van der Waals surface area contributed by atoms with Gasteiger partial charge < -0.3 is 14.4 Å². The van der Waals surface area contributed by atoms with Crippen LogP contribution in [0.1, 0.15) is 32.1 Å². The van der Waals surface area contributed by atoms with E-state index in [9.17, 15) is 4.79 Å². The molecule has 1 unspecified atom stereocenters. The van der Waals surface area contributed by atoms with Crippen molar-refractivity contribution in [2.24, 2.45) is 0 Å². The summed E-state index contributed by atoms with van der Waals surface area (Å²) in [5.74, 6) is 1.21. The first-order valence-electron chi connectivity index (χ1n) is 9.75. The molecule has 2 aromatic rings. The molecule has 152 valence electrons. The summed E-state index contributed by atoms with van der Waals surface area (Å²) in [5.41, 5.74) is 0.893. The summed E-state index contributed by atoms with van der Waals surface area (Å²) < 4.78 is 10.9. The van der Waals surface area contributed by atoms with E-state index in [0.717, 1.165) is 43.7 Å². The molecule has 3 rings (SSSR count). The highest BCUT2D eigenvalue weighted by Gasteiger charge is 2.23. The predicted molar refractivity (Wildman–Crippen MR) is 104 cm³/mol. The van der Waals surface area contributed by atoms with Gasteiger partial charge in [0.15, 0.2) is 0 Å². The van der Waals surface area contributed by atoms with Crippen molar-refractivity contribution in [1.82, 2.24) is 19.9 Å². The lowest BCUT2D eigenvalue weighted by molar-refractivity contribution is -0.138. The van der Waals surface area contributed by atoms with Gasteiger partial charge in [-0.1, -0.05) is 5.16 Å². The van der Waals surface area contributed by atoms with E-state index in [1.54, 1.807) is 0 Å². The third-order valence-corrected chi connectivity index (χ3v) is 5.05. The van der Waals surface area contributed by atoms with Gasteiger partial charge in [-0.3, -0.25) is 14.6 Å². The Balaban J connectivity index is 1.55. The Labute approximate surface area is 165 Å². The zero-order valence-electron chi connectivity index (χ0n) is 16.5. The number of nitrogens with zero attached hydrogens (tertiary/aromatic N) is 4. The molecule has 0 saturated carbocycles. The van der Waals surface area contributed by atoms with Crippen molar-refractivity contribution >= 4 is 5.97 Å². The second-order valence-electron chi connectivity index (χ2n) is 7.14. The Morgan fingerprint density at radius 2 is 2.11 bits per heavy atom. The van der Waals surface area contributed by atoms with Crippen LogP contribution in [-0.4, -0.2) is 70.3 Å². The summed E-state index contributed by atoms with van der Waals surface area (Å²) in [5, 5.41) is 13.1. The molecule has 1 aromatic carbocycles. The number of carboxylic acids is 1. The van der Waals surface area contributed by atoms with E-state index in [2.05, 4.69) is 15.0 Å². The number of benzene rings is 1. The largest absolute Gasteiger partial charge is 0.494 e. The quantitative estimate of drug-likeness (QED) is 0.737. The number of likely N-dealkylation sites (tertiary alicyclic amines) is 1. The Hall–Kier alpha value is -2.45. The van der Waals surface area contributed by atoms with Gasteiger partial charge in [-0.2, -0.15) is 4.98 Å². The molecule has 1 saturated heterocycles. The lowest BCUT2D eigenvalue weighted by Crippen LogP contribution is -2.36. The van der Waals surface area contributed by atoms with Gasteiger partial charge in [0.25, 0.3) is 0 Å². The molecule has 1 aliphatic rings. The van der Waals surface area contributed by atoms with Gasteiger partial charge >= 0.3 is 5.97 Å². The normalized spacial score (nSPS) is 18.2. The summed E-state index contributed by atoms with van der Waals surface area (Å²) >= 11 is 0. The molecule has 28 heavy (non-hydrogen) atoms. The number of rotatable bonds is 8. The first kappa shape index (κ1) is 20.3. The van der Waals surface area contributed by atoms with Gasteiger partial charge in [-0.15, -0.1) is 0 Å². The monoisotopic (exact) mass is 388 g/mol. The van der Waals surface area contributed by atoms with E-state index in [1.807, 2.05) is 43.1 Å². The van der Waals surface area contributed by atoms with Gasteiger partial charge in [0.2, 0.25) is 11.7 Å². The van der Waals surface area contributed by atoms with E-state index < -0.39 is 5.97 Å². The molecule has 1 aliphatic heterocycles. The average molecular weight is 388 g/mol. The number of likely N-dealkylation sites (N-methyl/N-ethyl adjacent to an activating group) is 1. The van der Waals surface area contributed by atoms with Crippen molar-refractivity contribution < 1.29 is 19.2 Å². The molecule has 2 heterocycles. The first-order chi connectivity index (χ1) is 13.5. The van der Waals surface area contributed by atoms with Crippen LogP contribution in [0, 0.1) is 0 Å². The van der Waals surface area contributed by atoms with Crippen LogP contribution in [0.15, 0.2) is 28.8 Å². The van der Waals surface area contributed by atoms with E-state index in [0.29, 0.717) is 30.9 Å². The first-order valence-corrected chi connectivity index (χ1v) is 9.75. The average Bonchev–Trinajstić information content (AvgIpc) is 3.00. The number of carbonyl (C=O) groups is 1. The number of aromatic nitrogens is 2. The molecule has 0 aliphatic carbocycles. The minimum absolute atomic E-state index is 0.0831. The third kappa shape index (κ3) is 5.53. The molecule has 0 spiro atoms. The Kier molecular flexibility index (Phi) is 7.00. The van der Waals surface area contributed by atoms with Gasteiger partial charge in [0.1, 0.15) is 5.75 Å². The van der Waals surface area contributed by atoms with Gasteiger partial charge in [0, 0.05) is 18.2 Å². The maximum Gasteiger partial charge on any atom is 0.317 e.